The highest BCUT2D eigenvalue weighted by molar-refractivity contribution is 7.87. The summed E-state index contributed by atoms with van der Waals surface area (Å²) in [6.07, 6.45) is -7.05. The molecule has 0 amide bonds. The molecule has 0 bridgehead atoms. The van der Waals surface area contributed by atoms with Crippen LogP contribution in [-0.4, -0.2) is 59.9 Å². The molecule has 21 heteroatoms. The van der Waals surface area contributed by atoms with Crippen LogP contribution in [0.2, 0.25) is 0 Å². The summed E-state index contributed by atoms with van der Waals surface area (Å²) in [5, 5.41) is -7.84. The summed E-state index contributed by atoms with van der Waals surface area (Å²) in [6, 6.07) is 2.71. The van der Waals surface area contributed by atoms with Crippen molar-refractivity contribution in [1.29, 1.82) is 0 Å². The first-order valence-electron chi connectivity index (χ1n) is 11.1. The molecule has 0 saturated heterocycles. The van der Waals surface area contributed by atoms with Crippen molar-refractivity contribution in [2.45, 2.75) is 99.3 Å². The predicted molar refractivity (Wildman–Crippen MR) is 116 cm³/mol. The minimum atomic E-state index is -8.86. The Hall–Kier alpha value is -2.19. The molecule has 0 aliphatic carbocycles. The van der Waals surface area contributed by atoms with Crippen LogP contribution in [-0.2, 0) is 20.9 Å². The highest BCUT2D eigenvalue weighted by Crippen LogP contribution is 2.64. The molecule has 43 heavy (non-hydrogen) atoms. The standard InChI is InChI=1S/C22H22F16O4S/c1-13(2,3)10-7-8-11(14(4,5)6)12(9-10)42-21(35,36)19(31,32)17(27,28)15(23,24)16(25,26)18(29,30)20(33,34)22(37,38)43(39,40)41/h7-9H,1-6H3,(H,39,40,41). The average molecular weight is 686 g/mol. The number of rotatable bonds is 10. The third kappa shape index (κ3) is 5.71. The smallest absolute Gasteiger partial charge is 0.428 e. The van der Waals surface area contributed by atoms with E-state index >= 15 is 0 Å². The second-order valence-electron chi connectivity index (χ2n) is 11.3. The topological polar surface area (TPSA) is 63.6 Å². The molecular formula is C22H22F16O4S. The quantitative estimate of drug-likeness (QED) is 0.198. The molecule has 0 aromatic heterocycles. The summed E-state index contributed by atoms with van der Waals surface area (Å²) < 4.78 is 256. The van der Waals surface area contributed by atoms with Gasteiger partial charge in [-0.2, -0.15) is 78.7 Å². The lowest BCUT2D eigenvalue weighted by molar-refractivity contribution is -0.462. The molecule has 0 atom stereocenters. The molecule has 0 aliphatic heterocycles. The second kappa shape index (κ2) is 10.2. The summed E-state index contributed by atoms with van der Waals surface area (Å²) in [6.45, 7) is 7.89. The lowest BCUT2D eigenvalue weighted by atomic mass is 9.81. The van der Waals surface area contributed by atoms with Gasteiger partial charge in [-0.3, -0.25) is 4.55 Å². The summed E-state index contributed by atoms with van der Waals surface area (Å²) in [5.41, 5.74) is -2.94. The minimum absolute atomic E-state index is 0.0418. The average Bonchev–Trinajstić information content (AvgIpc) is 2.75. The number of benzene rings is 1. The minimum Gasteiger partial charge on any atom is -0.428 e. The first-order valence-corrected chi connectivity index (χ1v) is 12.6. The van der Waals surface area contributed by atoms with E-state index in [9.17, 15) is 78.7 Å². The molecule has 0 radical (unpaired) electrons. The normalized spacial score (nSPS) is 16.0. The fraction of sp³-hybridized carbons (Fsp3) is 0.727. The van der Waals surface area contributed by atoms with E-state index in [0.717, 1.165) is 6.07 Å². The fourth-order valence-corrected chi connectivity index (χ4v) is 3.66. The van der Waals surface area contributed by atoms with Crippen LogP contribution in [0.3, 0.4) is 0 Å². The molecular weight excluding hydrogens is 664 g/mol. The molecule has 0 saturated carbocycles. The second-order valence-corrected chi connectivity index (χ2v) is 12.7. The molecule has 0 fully saturated rings. The van der Waals surface area contributed by atoms with E-state index in [1.807, 2.05) is 0 Å². The third-order valence-electron chi connectivity index (χ3n) is 5.92. The molecule has 1 aromatic carbocycles. The Morgan fingerprint density at radius 2 is 0.907 bits per heavy atom. The molecule has 4 nitrogen and oxygen atoms in total. The lowest BCUT2D eigenvalue weighted by Crippen LogP contribution is -2.75. The van der Waals surface area contributed by atoms with Crippen LogP contribution in [0, 0.1) is 0 Å². The summed E-state index contributed by atoms with van der Waals surface area (Å²) in [5.74, 6) is -52.8. The van der Waals surface area contributed by atoms with Crippen LogP contribution in [0.5, 0.6) is 5.75 Å². The zero-order valence-corrected chi connectivity index (χ0v) is 23.2. The van der Waals surface area contributed by atoms with Gasteiger partial charge in [-0.25, -0.2) is 0 Å². The summed E-state index contributed by atoms with van der Waals surface area (Å²) >= 11 is 0. The SMILES string of the molecule is CC(C)(C)c1ccc(C(C)(C)C)c(OC(F)(F)C(F)(F)C(F)(F)C(F)(F)C(F)(F)C(F)(F)C(F)(F)C(F)(F)S(=O)(=O)O)c1. The molecule has 1 aromatic rings. The van der Waals surface area contributed by atoms with Crippen molar-refractivity contribution in [1.82, 2.24) is 0 Å². The van der Waals surface area contributed by atoms with Crippen molar-refractivity contribution in [2.24, 2.45) is 0 Å². The van der Waals surface area contributed by atoms with Crippen LogP contribution in [0.1, 0.15) is 52.7 Å². The Morgan fingerprint density at radius 3 is 1.23 bits per heavy atom. The van der Waals surface area contributed by atoms with Crippen LogP contribution in [0.25, 0.3) is 0 Å². The number of alkyl halides is 16. The van der Waals surface area contributed by atoms with Crippen molar-refractivity contribution in [3.8, 4) is 5.75 Å². The lowest BCUT2D eigenvalue weighted by Gasteiger charge is -2.43. The highest BCUT2D eigenvalue weighted by Gasteiger charge is 2.96. The van der Waals surface area contributed by atoms with Crippen molar-refractivity contribution in [3.63, 3.8) is 0 Å². The first kappa shape index (κ1) is 38.8. The van der Waals surface area contributed by atoms with Gasteiger partial charge in [-0.05, 0) is 28.0 Å². The number of ether oxygens (including phenoxy) is 1. The summed E-state index contributed by atoms with van der Waals surface area (Å²) in [4.78, 5) is 0. The third-order valence-corrected chi connectivity index (χ3v) is 6.82. The van der Waals surface area contributed by atoms with Crippen LogP contribution < -0.4 is 4.74 Å². The fourth-order valence-electron chi connectivity index (χ4n) is 3.21. The summed E-state index contributed by atoms with van der Waals surface area (Å²) in [7, 11) is -7.92. The molecule has 0 heterocycles. The maximum Gasteiger partial charge on any atom is 0.471 e. The van der Waals surface area contributed by atoms with E-state index in [0.29, 0.717) is 6.07 Å². The van der Waals surface area contributed by atoms with Gasteiger partial charge in [0.1, 0.15) is 5.75 Å². The van der Waals surface area contributed by atoms with Crippen molar-refractivity contribution in [2.75, 3.05) is 0 Å². The Balaban J connectivity index is 3.87. The van der Waals surface area contributed by atoms with Gasteiger partial charge >= 0.3 is 57.0 Å². The van der Waals surface area contributed by atoms with E-state index in [1.165, 1.54) is 47.6 Å². The zero-order chi connectivity index (χ0) is 35.1. The largest absolute Gasteiger partial charge is 0.471 e. The van der Waals surface area contributed by atoms with E-state index in [1.54, 1.807) is 0 Å². The Morgan fingerprint density at radius 1 is 0.558 bits per heavy atom. The van der Waals surface area contributed by atoms with Gasteiger partial charge < -0.3 is 4.74 Å². The van der Waals surface area contributed by atoms with Crippen LogP contribution in [0.15, 0.2) is 18.2 Å². The van der Waals surface area contributed by atoms with E-state index < -0.39 is 79.2 Å². The van der Waals surface area contributed by atoms with Gasteiger partial charge in [0, 0.05) is 0 Å². The van der Waals surface area contributed by atoms with Gasteiger partial charge in [0.15, 0.2) is 0 Å². The number of halogens is 16. The Bertz CT molecular complexity index is 1310. The molecule has 0 spiro atoms. The van der Waals surface area contributed by atoms with Crippen LogP contribution in [0.4, 0.5) is 70.2 Å². The molecule has 0 aliphatic rings. The molecule has 252 valence electrons. The van der Waals surface area contributed by atoms with Crippen LogP contribution >= 0.6 is 0 Å². The van der Waals surface area contributed by atoms with Gasteiger partial charge in [0.25, 0.3) is 0 Å². The highest BCUT2D eigenvalue weighted by atomic mass is 32.2. The maximum atomic E-state index is 14.6. The van der Waals surface area contributed by atoms with Gasteiger partial charge in [0.05, 0.1) is 0 Å². The van der Waals surface area contributed by atoms with E-state index in [-0.39, 0.29) is 5.56 Å². The van der Waals surface area contributed by atoms with Gasteiger partial charge in [-0.15, -0.1) is 0 Å². The van der Waals surface area contributed by atoms with E-state index in [4.69, 9.17) is 4.55 Å². The van der Waals surface area contributed by atoms with Gasteiger partial charge in [0.2, 0.25) is 0 Å². The van der Waals surface area contributed by atoms with Crippen molar-refractivity contribution < 1.29 is 88.0 Å². The maximum absolute atomic E-state index is 14.6. The monoisotopic (exact) mass is 686 g/mol. The van der Waals surface area contributed by atoms with Crippen molar-refractivity contribution in [3.05, 3.63) is 29.3 Å². The van der Waals surface area contributed by atoms with Gasteiger partial charge in [-0.1, -0.05) is 53.7 Å². The van der Waals surface area contributed by atoms with E-state index in [2.05, 4.69) is 4.74 Å². The first-order chi connectivity index (χ1) is 18.3. The molecule has 1 rings (SSSR count). The molecule has 0 unspecified atom stereocenters. The number of hydrogen-bond acceptors (Lipinski definition) is 3. The predicted octanol–water partition coefficient (Wildman–Crippen LogP) is 8.55. The zero-order valence-electron chi connectivity index (χ0n) is 22.4. The molecule has 1 N–H and O–H groups in total. The Kier molecular flexibility index (Phi) is 9.18. The Labute approximate surface area is 233 Å². The number of hydrogen-bond donors (Lipinski definition) is 1. The van der Waals surface area contributed by atoms with Crippen molar-refractivity contribution >= 4 is 10.1 Å².